The molecule has 3 heteroatoms. The minimum atomic E-state index is -0.422. The molecule has 0 aromatic heterocycles. The topological polar surface area (TPSA) is 38.3 Å². The first kappa shape index (κ1) is 15.7. The minimum absolute atomic E-state index is 0.214. The molecule has 1 N–H and O–H groups in total. The monoisotopic (exact) mass is 263 g/mol. The van der Waals surface area contributed by atoms with E-state index in [4.69, 9.17) is 4.74 Å². The van der Waals surface area contributed by atoms with E-state index in [1.54, 1.807) is 0 Å². The van der Waals surface area contributed by atoms with E-state index in [1.807, 2.05) is 20.8 Å². The third-order valence-corrected chi connectivity index (χ3v) is 2.96. The van der Waals surface area contributed by atoms with Gasteiger partial charge in [0.25, 0.3) is 0 Å². The first-order valence-corrected chi connectivity index (χ1v) is 6.68. The molecule has 0 bridgehead atoms. The molecule has 0 fully saturated rings. The standard InChI is InChI=1S/C16H25NO2/c1-11-7-13(3)14(8-12(11)2)9-17-10-15(18)19-16(4,5)6/h7-8,17H,9-10H2,1-6H3. The summed E-state index contributed by atoms with van der Waals surface area (Å²) in [5.74, 6) is -0.214. The van der Waals surface area contributed by atoms with E-state index in [0.29, 0.717) is 6.54 Å². The zero-order chi connectivity index (χ0) is 14.6. The number of hydrogen-bond acceptors (Lipinski definition) is 3. The molecule has 0 saturated heterocycles. The second-order valence-corrected chi connectivity index (χ2v) is 6.05. The molecule has 0 aliphatic rings. The molecule has 0 heterocycles. The number of esters is 1. The van der Waals surface area contributed by atoms with Gasteiger partial charge in [0.15, 0.2) is 0 Å². The molecule has 3 nitrogen and oxygen atoms in total. The molecule has 0 unspecified atom stereocenters. The summed E-state index contributed by atoms with van der Waals surface area (Å²) in [5.41, 5.74) is 4.63. The van der Waals surface area contributed by atoms with Crippen molar-refractivity contribution in [2.24, 2.45) is 0 Å². The van der Waals surface area contributed by atoms with Crippen LogP contribution in [-0.4, -0.2) is 18.1 Å². The summed E-state index contributed by atoms with van der Waals surface area (Å²) in [6, 6.07) is 4.35. The van der Waals surface area contributed by atoms with E-state index in [9.17, 15) is 4.79 Å². The van der Waals surface area contributed by atoms with Gasteiger partial charge in [0, 0.05) is 6.54 Å². The predicted molar refractivity (Wildman–Crippen MR) is 78.2 cm³/mol. The van der Waals surface area contributed by atoms with Crippen LogP contribution in [0.15, 0.2) is 12.1 Å². The maximum atomic E-state index is 11.6. The smallest absolute Gasteiger partial charge is 0.320 e. The van der Waals surface area contributed by atoms with Gasteiger partial charge in [0.2, 0.25) is 0 Å². The zero-order valence-electron chi connectivity index (χ0n) is 12.9. The Bertz CT molecular complexity index is 459. The number of aryl methyl sites for hydroxylation is 3. The van der Waals surface area contributed by atoms with Crippen LogP contribution in [0.1, 0.15) is 43.0 Å². The van der Waals surface area contributed by atoms with Crippen molar-refractivity contribution in [2.75, 3.05) is 6.54 Å². The summed E-state index contributed by atoms with van der Waals surface area (Å²) in [4.78, 5) is 11.6. The normalized spacial score (nSPS) is 11.5. The molecule has 0 aliphatic carbocycles. The molecule has 0 amide bonds. The van der Waals surface area contributed by atoms with E-state index in [2.05, 4.69) is 38.2 Å². The van der Waals surface area contributed by atoms with Gasteiger partial charge in [-0.3, -0.25) is 4.79 Å². The summed E-state index contributed by atoms with van der Waals surface area (Å²) >= 11 is 0. The van der Waals surface area contributed by atoms with E-state index in [0.717, 1.165) is 0 Å². The van der Waals surface area contributed by atoms with Crippen molar-refractivity contribution < 1.29 is 9.53 Å². The Morgan fingerprint density at radius 3 is 2.26 bits per heavy atom. The van der Waals surface area contributed by atoms with Gasteiger partial charge in [-0.15, -0.1) is 0 Å². The molecular weight excluding hydrogens is 238 g/mol. The SMILES string of the molecule is Cc1cc(C)c(CNCC(=O)OC(C)(C)C)cc1C. The number of carbonyl (C=O) groups excluding carboxylic acids is 1. The van der Waals surface area contributed by atoms with Gasteiger partial charge in [0.1, 0.15) is 5.60 Å². The van der Waals surface area contributed by atoms with Crippen LogP contribution < -0.4 is 5.32 Å². The lowest BCUT2D eigenvalue weighted by atomic mass is 10.0. The molecule has 106 valence electrons. The Morgan fingerprint density at radius 1 is 1.11 bits per heavy atom. The highest BCUT2D eigenvalue weighted by Crippen LogP contribution is 2.15. The summed E-state index contributed by atoms with van der Waals surface area (Å²) in [6.45, 7) is 12.9. The first-order valence-electron chi connectivity index (χ1n) is 6.68. The molecule has 1 aromatic carbocycles. The lowest BCUT2D eigenvalue weighted by Gasteiger charge is -2.19. The molecular formula is C16H25NO2. The Labute approximate surface area is 116 Å². The third-order valence-electron chi connectivity index (χ3n) is 2.96. The van der Waals surface area contributed by atoms with Crippen LogP contribution >= 0.6 is 0 Å². The minimum Gasteiger partial charge on any atom is -0.459 e. The maximum absolute atomic E-state index is 11.6. The van der Waals surface area contributed by atoms with Crippen molar-refractivity contribution in [3.8, 4) is 0 Å². The van der Waals surface area contributed by atoms with Crippen molar-refractivity contribution in [1.29, 1.82) is 0 Å². The van der Waals surface area contributed by atoms with Gasteiger partial charge in [-0.1, -0.05) is 12.1 Å². The van der Waals surface area contributed by atoms with Gasteiger partial charge in [-0.2, -0.15) is 0 Å². The lowest BCUT2D eigenvalue weighted by Crippen LogP contribution is -2.31. The molecule has 0 saturated carbocycles. The molecule has 0 radical (unpaired) electrons. The number of nitrogens with one attached hydrogen (secondary N) is 1. The van der Waals surface area contributed by atoms with Gasteiger partial charge in [-0.25, -0.2) is 0 Å². The predicted octanol–water partition coefficient (Wildman–Crippen LogP) is 3.04. The number of ether oxygens (including phenoxy) is 1. The Balaban J connectivity index is 2.50. The number of benzene rings is 1. The van der Waals surface area contributed by atoms with Crippen molar-refractivity contribution in [3.63, 3.8) is 0 Å². The quantitative estimate of drug-likeness (QED) is 0.849. The third kappa shape index (κ3) is 5.43. The van der Waals surface area contributed by atoms with Crippen LogP contribution in [-0.2, 0) is 16.1 Å². The van der Waals surface area contributed by atoms with Gasteiger partial charge in [0.05, 0.1) is 6.54 Å². The second-order valence-electron chi connectivity index (χ2n) is 6.05. The number of rotatable bonds is 4. The van der Waals surface area contributed by atoms with Crippen molar-refractivity contribution in [1.82, 2.24) is 5.32 Å². The largest absolute Gasteiger partial charge is 0.459 e. The molecule has 0 aliphatic heterocycles. The zero-order valence-corrected chi connectivity index (χ0v) is 12.9. The lowest BCUT2D eigenvalue weighted by molar-refractivity contribution is -0.153. The summed E-state index contributed by atoms with van der Waals surface area (Å²) in [6.07, 6.45) is 0. The van der Waals surface area contributed by atoms with Crippen LogP contribution in [0.25, 0.3) is 0 Å². The van der Waals surface area contributed by atoms with Crippen molar-refractivity contribution in [3.05, 3.63) is 34.4 Å². The highest BCUT2D eigenvalue weighted by Gasteiger charge is 2.15. The second kappa shape index (κ2) is 6.20. The first-order chi connectivity index (χ1) is 8.69. The molecule has 1 rings (SSSR count). The number of carbonyl (C=O) groups is 1. The Morgan fingerprint density at radius 2 is 1.68 bits per heavy atom. The highest BCUT2D eigenvalue weighted by atomic mass is 16.6. The number of hydrogen-bond donors (Lipinski definition) is 1. The maximum Gasteiger partial charge on any atom is 0.320 e. The van der Waals surface area contributed by atoms with E-state index < -0.39 is 5.60 Å². The van der Waals surface area contributed by atoms with Crippen LogP contribution in [0.2, 0.25) is 0 Å². The Kier molecular flexibility index (Phi) is 5.12. The fraction of sp³-hybridized carbons (Fsp3) is 0.562. The van der Waals surface area contributed by atoms with Gasteiger partial charge in [-0.05, 0) is 63.8 Å². The fourth-order valence-electron chi connectivity index (χ4n) is 1.89. The van der Waals surface area contributed by atoms with Crippen LogP contribution in [0.3, 0.4) is 0 Å². The van der Waals surface area contributed by atoms with E-state index in [-0.39, 0.29) is 12.5 Å². The summed E-state index contributed by atoms with van der Waals surface area (Å²) in [7, 11) is 0. The summed E-state index contributed by atoms with van der Waals surface area (Å²) in [5, 5.41) is 3.14. The average molecular weight is 263 g/mol. The molecule has 0 atom stereocenters. The van der Waals surface area contributed by atoms with E-state index in [1.165, 1.54) is 22.3 Å². The Hall–Kier alpha value is -1.35. The fourth-order valence-corrected chi connectivity index (χ4v) is 1.89. The van der Waals surface area contributed by atoms with Crippen LogP contribution in [0.5, 0.6) is 0 Å². The van der Waals surface area contributed by atoms with Crippen LogP contribution in [0.4, 0.5) is 0 Å². The molecule has 1 aromatic rings. The molecule has 19 heavy (non-hydrogen) atoms. The van der Waals surface area contributed by atoms with E-state index >= 15 is 0 Å². The van der Waals surface area contributed by atoms with Crippen molar-refractivity contribution >= 4 is 5.97 Å². The molecule has 0 spiro atoms. The average Bonchev–Trinajstić information content (AvgIpc) is 2.22. The van der Waals surface area contributed by atoms with Crippen LogP contribution in [0, 0.1) is 20.8 Å². The summed E-state index contributed by atoms with van der Waals surface area (Å²) < 4.78 is 5.25. The van der Waals surface area contributed by atoms with Crippen molar-refractivity contribution in [2.45, 2.75) is 53.7 Å². The van der Waals surface area contributed by atoms with Gasteiger partial charge < -0.3 is 10.1 Å². The van der Waals surface area contributed by atoms with Gasteiger partial charge >= 0.3 is 5.97 Å². The highest BCUT2D eigenvalue weighted by molar-refractivity contribution is 5.72.